The Bertz CT molecular complexity index is 390. The molecule has 0 amide bonds. The van der Waals surface area contributed by atoms with Crippen LogP contribution in [0.5, 0.6) is 0 Å². The minimum absolute atomic E-state index is 0.766. The van der Waals surface area contributed by atoms with E-state index in [1.54, 1.807) is 7.11 Å². The lowest BCUT2D eigenvalue weighted by Crippen LogP contribution is -2.33. The van der Waals surface area contributed by atoms with Crippen LogP contribution in [0.1, 0.15) is 31.7 Å². The molecule has 112 valence electrons. The maximum absolute atomic E-state index is 5.08. The van der Waals surface area contributed by atoms with Gasteiger partial charge in [0.2, 0.25) is 0 Å². The van der Waals surface area contributed by atoms with Crippen LogP contribution < -0.4 is 10.2 Å². The first-order valence-corrected chi connectivity index (χ1v) is 7.87. The van der Waals surface area contributed by atoms with E-state index in [2.05, 4.69) is 41.4 Å². The molecule has 0 radical (unpaired) electrons. The van der Waals surface area contributed by atoms with E-state index in [-0.39, 0.29) is 0 Å². The molecule has 1 fully saturated rings. The zero-order chi connectivity index (χ0) is 14.2. The summed E-state index contributed by atoms with van der Waals surface area (Å²) >= 11 is 0. The average Bonchev–Trinajstić information content (AvgIpc) is 2.44. The number of hydrogen-bond donors (Lipinski definition) is 1. The average molecular weight is 276 g/mol. The number of benzene rings is 1. The number of anilines is 1. The van der Waals surface area contributed by atoms with Crippen LogP contribution >= 0.6 is 0 Å². The van der Waals surface area contributed by atoms with Gasteiger partial charge in [-0.05, 0) is 37.3 Å². The van der Waals surface area contributed by atoms with Crippen molar-refractivity contribution >= 4 is 5.69 Å². The number of hydrogen-bond acceptors (Lipinski definition) is 3. The van der Waals surface area contributed by atoms with Gasteiger partial charge in [-0.15, -0.1) is 0 Å². The Morgan fingerprint density at radius 1 is 1.30 bits per heavy atom. The Balaban J connectivity index is 1.96. The maximum atomic E-state index is 5.08. The smallest absolute Gasteiger partial charge is 0.0587 e. The highest BCUT2D eigenvalue weighted by Crippen LogP contribution is 2.30. The molecule has 0 aliphatic heterocycles. The standard InChI is InChI=1S/C17H28N2O/c1-3-19(14-15-7-6-8-15)17-10-5-4-9-16(17)13-18-11-12-20-2/h4-5,9-10,15,18H,3,6-8,11-14H2,1-2H3. The third kappa shape index (κ3) is 4.22. The fourth-order valence-corrected chi connectivity index (χ4v) is 2.75. The summed E-state index contributed by atoms with van der Waals surface area (Å²) in [4.78, 5) is 2.54. The number of methoxy groups -OCH3 is 1. The Hall–Kier alpha value is -1.06. The van der Waals surface area contributed by atoms with Gasteiger partial charge >= 0.3 is 0 Å². The molecule has 1 aromatic rings. The molecule has 0 spiro atoms. The van der Waals surface area contributed by atoms with Crippen LogP contribution in [0.25, 0.3) is 0 Å². The minimum Gasteiger partial charge on any atom is -0.383 e. The highest BCUT2D eigenvalue weighted by Gasteiger charge is 2.21. The molecule has 1 aromatic carbocycles. The van der Waals surface area contributed by atoms with Gasteiger partial charge in [0, 0.05) is 39.0 Å². The molecule has 0 unspecified atom stereocenters. The molecule has 20 heavy (non-hydrogen) atoms. The lowest BCUT2D eigenvalue weighted by molar-refractivity contribution is 0.199. The topological polar surface area (TPSA) is 24.5 Å². The van der Waals surface area contributed by atoms with Crippen LogP contribution in [0.3, 0.4) is 0 Å². The van der Waals surface area contributed by atoms with Crippen molar-refractivity contribution in [1.29, 1.82) is 0 Å². The third-order valence-corrected chi connectivity index (χ3v) is 4.22. The van der Waals surface area contributed by atoms with Gasteiger partial charge in [-0.1, -0.05) is 24.6 Å². The summed E-state index contributed by atoms with van der Waals surface area (Å²) < 4.78 is 5.08. The second-order valence-corrected chi connectivity index (χ2v) is 5.63. The molecule has 0 saturated heterocycles. The number of ether oxygens (including phenoxy) is 1. The first kappa shape index (κ1) is 15.3. The third-order valence-electron chi connectivity index (χ3n) is 4.22. The molecule has 3 nitrogen and oxygen atoms in total. The number of nitrogens with one attached hydrogen (secondary N) is 1. The normalized spacial score (nSPS) is 15.1. The maximum Gasteiger partial charge on any atom is 0.0587 e. The van der Waals surface area contributed by atoms with E-state index in [1.807, 2.05) is 0 Å². The van der Waals surface area contributed by atoms with Crippen molar-refractivity contribution in [2.24, 2.45) is 5.92 Å². The SMILES string of the molecule is CCN(CC1CCC1)c1ccccc1CNCCOC. The second kappa shape index (κ2) is 8.28. The molecule has 1 aliphatic carbocycles. The van der Waals surface area contributed by atoms with E-state index in [0.29, 0.717) is 0 Å². The number of para-hydroxylation sites is 1. The van der Waals surface area contributed by atoms with Gasteiger partial charge in [-0.2, -0.15) is 0 Å². The largest absolute Gasteiger partial charge is 0.383 e. The van der Waals surface area contributed by atoms with E-state index in [1.165, 1.54) is 37.1 Å². The quantitative estimate of drug-likeness (QED) is 0.702. The van der Waals surface area contributed by atoms with E-state index in [4.69, 9.17) is 4.74 Å². The van der Waals surface area contributed by atoms with Crippen molar-refractivity contribution in [3.05, 3.63) is 29.8 Å². The van der Waals surface area contributed by atoms with Crippen LogP contribution in [-0.2, 0) is 11.3 Å². The zero-order valence-electron chi connectivity index (χ0n) is 12.9. The van der Waals surface area contributed by atoms with E-state index < -0.39 is 0 Å². The van der Waals surface area contributed by atoms with Crippen LogP contribution in [0.4, 0.5) is 5.69 Å². The predicted molar refractivity (Wildman–Crippen MR) is 85.3 cm³/mol. The molecule has 0 atom stereocenters. The summed E-state index contributed by atoms with van der Waals surface area (Å²) in [6.07, 6.45) is 4.23. The monoisotopic (exact) mass is 276 g/mol. The molecule has 2 rings (SSSR count). The lowest BCUT2D eigenvalue weighted by atomic mass is 9.85. The first-order chi connectivity index (χ1) is 9.85. The van der Waals surface area contributed by atoms with Gasteiger partial charge in [0.15, 0.2) is 0 Å². The fourth-order valence-electron chi connectivity index (χ4n) is 2.75. The van der Waals surface area contributed by atoms with Crippen molar-refractivity contribution < 1.29 is 4.74 Å². The van der Waals surface area contributed by atoms with Gasteiger partial charge in [-0.3, -0.25) is 0 Å². The predicted octanol–water partition coefficient (Wildman–Crippen LogP) is 3.05. The Morgan fingerprint density at radius 3 is 2.75 bits per heavy atom. The summed E-state index contributed by atoms with van der Waals surface area (Å²) in [5, 5.41) is 3.45. The van der Waals surface area contributed by atoms with E-state index in [0.717, 1.165) is 32.2 Å². The van der Waals surface area contributed by atoms with Gasteiger partial charge in [0.1, 0.15) is 0 Å². The first-order valence-electron chi connectivity index (χ1n) is 7.87. The lowest BCUT2D eigenvalue weighted by Gasteiger charge is -2.34. The van der Waals surface area contributed by atoms with Gasteiger partial charge in [0.05, 0.1) is 6.61 Å². The van der Waals surface area contributed by atoms with Crippen molar-refractivity contribution in [3.8, 4) is 0 Å². The van der Waals surface area contributed by atoms with Crippen LogP contribution in [0, 0.1) is 5.92 Å². The van der Waals surface area contributed by atoms with E-state index >= 15 is 0 Å². The van der Waals surface area contributed by atoms with Crippen molar-refractivity contribution in [2.75, 3.05) is 38.3 Å². The summed E-state index contributed by atoms with van der Waals surface area (Å²) in [7, 11) is 1.74. The summed E-state index contributed by atoms with van der Waals surface area (Å²) in [6.45, 7) is 7.15. The molecular formula is C17H28N2O. The van der Waals surface area contributed by atoms with Crippen molar-refractivity contribution in [3.63, 3.8) is 0 Å². The number of rotatable bonds is 9. The summed E-state index contributed by atoms with van der Waals surface area (Å²) in [6, 6.07) is 8.78. The molecule has 3 heteroatoms. The zero-order valence-corrected chi connectivity index (χ0v) is 12.9. The molecular weight excluding hydrogens is 248 g/mol. The van der Waals surface area contributed by atoms with Crippen molar-refractivity contribution in [1.82, 2.24) is 5.32 Å². The van der Waals surface area contributed by atoms with Crippen LogP contribution in [-0.4, -0.2) is 33.4 Å². The summed E-state index contributed by atoms with van der Waals surface area (Å²) in [5.41, 5.74) is 2.79. The molecule has 1 N–H and O–H groups in total. The highest BCUT2D eigenvalue weighted by molar-refractivity contribution is 5.53. The number of nitrogens with zero attached hydrogens (tertiary/aromatic N) is 1. The Kier molecular flexibility index (Phi) is 6.34. The van der Waals surface area contributed by atoms with Crippen LogP contribution in [0.2, 0.25) is 0 Å². The second-order valence-electron chi connectivity index (χ2n) is 5.63. The fraction of sp³-hybridized carbons (Fsp3) is 0.647. The Morgan fingerprint density at radius 2 is 2.10 bits per heavy atom. The van der Waals surface area contributed by atoms with Crippen molar-refractivity contribution in [2.45, 2.75) is 32.7 Å². The molecule has 0 bridgehead atoms. The van der Waals surface area contributed by atoms with Crippen LogP contribution in [0.15, 0.2) is 24.3 Å². The van der Waals surface area contributed by atoms with Gasteiger partial charge in [0.25, 0.3) is 0 Å². The summed E-state index contributed by atoms with van der Waals surface area (Å²) in [5.74, 6) is 0.907. The van der Waals surface area contributed by atoms with E-state index in [9.17, 15) is 0 Å². The minimum atomic E-state index is 0.766. The molecule has 1 aliphatic rings. The molecule has 1 saturated carbocycles. The Labute approximate surface area is 123 Å². The highest BCUT2D eigenvalue weighted by atomic mass is 16.5. The molecule has 0 heterocycles. The molecule has 0 aromatic heterocycles. The van der Waals surface area contributed by atoms with Gasteiger partial charge in [-0.25, -0.2) is 0 Å². The van der Waals surface area contributed by atoms with Gasteiger partial charge < -0.3 is 15.0 Å².